The molecule has 1 aromatic rings. The Morgan fingerprint density at radius 3 is 2.68 bits per heavy atom. The number of benzene rings is 1. The lowest BCUT2D eigenvalue weighted by Gasteiger charge is -2.13. The second-order valence-electron chi connectivity index (χ2n) is 4.88. The molecule has 1 aromatic carbocycles. The average molecular weight is 313 g/mol. The first-order valence-electron chi connectivity index (χ1n) is 7.00. The Labute approximate surface area is 128 Å². The number of carbonyl (C=O) groups is 1. The molecule has 2 N–H and O–H groups in total. The fourth-order valence-electron chi connectivity index (χ4n) is 1.68. The van der Waals surface area contributed by atoms with E-state index in [2.05, 4.69) is 15.6 Å². The number of ether oxygens (including phenoxy) is 1. The molecule has 0 fully saturated rings. The summed E-state index contributed by atoms with van der Waals surface area (Å²) < 4.78 is 31.5. The zero-order valence-corrected chi connectivity index (χ0v) is 13.0. The fraction of sp³-hybridized carbons (Fsp3) is 0.467. The molecule has 0 amide bonds. The molecule has 0 aliphatic rings. The molecular weight excluding hydrogens is 292 g/mol. The van der Waals surface area contributed by atoms with E-state index < -0.39 is 11.6 Å². The Morgan fingerprint density at radius 1 is 1.32 bits per heavy atom. The van der Waals surface area contributed by atoms with Gasteiger partial charge in [-0.05, 0) is 32.0 Å². The van der Waals surface area contributed by atoms with Gasteiger partial charge in [0, 0.05) is 25.7 Å². The number of nitrogens with one attached hydrogen (secondary N) is 2. The molecule has 0 aliphatic carbocycles. The van der Waals surface area contributed by atoms with Gasteiger partial charge in [0.2, 0.25) is 0 Å². The Balaban J connectivity index is 2.40. The van der Waals surface area contributed by atoms with Crippen LogP contribution in [-0.2, 0) is 16.1 Å². The quantitative estimate of drug-likeness (QED) is 0.479. The molecule has 7 heteroatoms. The first kappa shape index (κ1) is 17.9. The molecule has 0 spiro atoms. The third-order valence-corrected chi connectivity index (χ3v) is 2.67. The zero-order chi connectivity index (χ0) is 16.5. The third kappa shape index (κ3) is 6.51. The summed E-state index contributed by atoms with van der Waals surface area (Å²) in [6.07, 6.45) is 0.0358. The topological polar surface area (TPSA) is 62.7 Å². The molecule has 5 nitrogen and oxygen atoms in total. The summed E-state index contributed by atoms with van der Waals surface area (Å²) in [4.78, 5) is 15.3. The molecule has 0 saturated heterocycles. The monoisotopic (exact) mass is 313 g/mol. The van der Waals surface area contributed by atoms with Gasteiger partial charge in [-0.25, -0.2) is 8.78 Å². The molecular formula is C15H21F2N3O2. The molecule has 0 radical (unpaired) electrons. The number of aliphatic imine (C=N–C) groups is 1. The summed E-state index contributed by atoms with van der Waals surface area (Å²) in [5.41, 5.74) is 0.196. The second-order valence-corrected chi connectivity index (χ2v) is 4.88. The number of hydrogen-bond acceptors (Lipinski definition) is 3. The minimum atomic E-state index is -0.502. The fourth-order valence-corrected chi connectivity index (χ4v) is 1.68. The van der Waals surface area contributed by atoms with Gasteiger partial charge in [0.15, 0.2) is 5.96 Å². The predicted molar refractivity (Wildman–Crippen MR) is 80.4 cm³/mol. The van der Waals surface area contributed by atoms with E-state index in [1.807, 2.05) is 0 Å². The van der Waals surface area contributed by atoms with Gasteiger partial charge in [-0.3, -0.25) is 9.79 Å². The number of esters is 1. The van der Waals surface area contributed by atoms with Crippen LogP contribution in [0.15, 0.2) is 23.2 Å². The van der Waals surface area contributed by atoms with E-state index in [9.17, 15) is 13.6 Å². The number of halogens is 2. The first-order chi connectivity index (χ1) is 10.4. The van der Waals surface area contributed by atoms with E-state index in [1.165, 1.54) is 0 Å². The van der Waals surface area contributed by atoms with E-state index in [0.29, 0.717) is 12.5 Å². The number of nitrogens with zero attached hydrogens (tertiary/aromatic N) is 1. The van der Waals surface area contributed by atoms with E-state index in [0.717, 1.165) is 18.2 Å². The smallest absolute Gasteiger partial charge is 0.307 e. The number of hydrogen-bond donors (Lipinski definition) is 2. The summed E-state index contributed by atoms with van der Waals surface area (Å²) >= 11 is 0. The SMILES string of the molecule is CN=C(NCCC(=O)OC(C)C)NCc1cc(F)ccc1F. The standard InChI is InChI=1S/C15H21F2N3O2/c1-10(2)22-14(21)6-7-19-15(18-3)20-9-11-8-12(16)4-5-13(11)17/h4-5,8,10H,6-7,9H2,1-3H3,(H2,18,19,20). The molecule has 122 valence electrons. The predicted octanol–water partition coefficient (Wildman–Crippen LogP) is 1.97. The van der Waals surface area contributed by atoms with Crippen molar-refractivity contribution in [2.45, 2.75) is 32.9 Å². The molecule has 1 rings (SSSR count). The average Bonchev–Trinajstić information content (AvgIpc) is 2.45. The molecule has 0 unspecified atom stereocenters. The zero-order valence-electron chi connectivity index (χ0n) is 13.0. The first-order valence-corrected chi connectivity index (χ1v) is 7.00. The molecule has 0 atom stereocenters. The van der Waals surface area contributed by atoms with Crippen molar-refractivity contribution < 1.29 is 18.3 Å². The number of guanidine groups is 1. The lowest BCUT2D eigenvalue weighted by Crippen LogP contribution is -2.38. The van der Waals surface area contributed by atoms with Gasteiger partial charge in [-0.1, -0.05) is 0 Å². The molecule has 0 aliphatic heterocycles. The van der Waals surface area contributed by atoms with E-state index >= 15 is 0 Å². The molecule has 0 saturated carbocycles. The second kappa shape index (κ2) is 8.96. The molecule has 22 heavy (non-hydrogen) atoms. The van der Waals surface area contributed by atoms with Crippen molar-refractivity contribution in [2.24, 2.45) is 4.99 Å². The summed E-state index contributed by atoms with van der Waals surface area (Å²) in [6.45, 7) is 3.97. The summed E-state index contributed by atoms with van der Waals surface area (Å²) in [7, 11) is 1.55. The third-order valence-electron chi connectivity index (χ3n) is 2.67. The van der Waals surface area contributed by atoms with Crippen LogP contribution in [0.1, 0.15) is 25.8 Å². The van der Waals surface area contributed by atoms with Gasteiger partial charge in [0.1, 0.15) is 11.6 Å². The molecule has 0 aromatic heterocycles. The minimum Gasteiger partial charge on any atom is -0.463 e. The van der Waals surface area contributed by atoms with E-state index in [1.54, 1.807) is 20.9 Å². The van der Waals surface area contributed by atoms with Gasteiger partial charge >= 0.3 is 5.97 Å². The maximum Gasteiger partial charge on any atom is 0.307 e. The van der Waals surface area contributed by atoms with Crippen LogP contribution in [0.4, 0.5) is 8.78 Å². The highest BCUT2D eigenvalue weighted by Gasteiger charge is 2.07. The van der Waals surface area contributed by atoms with Crippen LogP contribution in [0.3, 0.4) is 0 Å². The van der Waals surface area contributed by atoms with Gasteiger partial charge in [0.25, 0.3) is 0 Å². The Hall–Kier alpha value is -2.18. The van der Waals surface area contributed by atoms with Gasteiger partial charge < -0.3 is 15.4 Å². The highest BCUT2D eigenvalue weighted by atomic mass is 19.1. The van der Waals surface area contributed by atoms with Crippen molar-refractivity contribution in [2.75, 3.05) is 13.6 Å². The molecule has 0 heterocycles. The van der Waals surface area contributed by atoms with E-state index in [-0.39, 0.29) is 30.6 Å². The Morgan fingerprint density at radius 2 is 2.05 bits per heavy atom. The highest BCUT2D eigenvalue weighted by Crippen LogP contribution is 2.08. The van der Waals surface area contributed by atoms with Crippen LogP contribution in [0, 0.1) is 11.6 Å². The van der Waals surface area contributed by atoms with Gasteiger partial charge in [-0.15, -0.1) is 0 Å². The van der Waals surface area contributed by atoms with Crippen molar-refractivity contribution in [1.29, 1.82) is 0 Å². The van der Waals surface area contributed by atoms with Crippen LogP contribution in [-0.4, -0.2) is 31.6 Å². The van der Waals surface area contributed by atoms with Crippen LogP contribution >= 0.6 is 0 Å². The van der Waals surface area contributed by atoms with Crippen molar-refractivity contribution in [3.8, 4) is 0 Å². The van der Waals surface area contributed by atoms with Gasteiger partial charge in [-0.2, -0.15) is 0 Å². The van der Waals surface area contributed by atoms with E-state index in [4.69, 9.17) is 4.74 Å². The van der Waals surface area contributed by atoms with Gasteiger partial charge in [0.05, 0.1) is 12.5 Å². The van der Waals surface area contributed by atoms with Crippen molar-refractivity contribution in [3.05, 3.63) is 35.4 Å². The van der Waals surface area contributed by atoms with Crippen molar-refractivity contribution in [3.63, 3.8) is 0 Å². The lowest BCUT2D eigenvalue weighted by atomic mass is 10.2. The maximum atomic E-state index is 13.5. The van der Waals surface area contributed by atoms with Crippen molar-refractivity contribution >= 4 is 11.9 Å². The van der Waals surface area contributed by atoms with Crippen LogP contribution in [0.25, 0.3) is 0 Å². The largest absolute Gasteiger partial charge is 0.463 e. The summed E-state index contributed by atoms with van der Waals surface area (Å²) in [5, 5.41) is 5.75. The van der Waals surface area contributed by atoms with Crippen LogP contribution < -0.4 is 10.6 Å². The normalized spacial score (nSPS) is 11.5. The lowest BCUT2D eigenvalue weighted by molar-refractivity contribution is -0.147. The van der Waals surface area contributed by atoms with Crippen LogP contribution in [0.5, 0.6) is 0 Å². The Bertz CT molecular complexity index is 534. The summed E-state index contributed by atoms with van der Waals surface area (Å²) in [5.74, 6) is -0.919. The number of carbonyl (C=O) groups excluding carboxylic acids is 1. The summed E-state index contributed by atoms with van der Waals surface area (Å²) in [6, 6.07) is 3.26. The van der Waals surface area contributed by atoms with Crippen molar-refractivity contribution in [1.82, 2.24) is 10.6 Å². The Kier molecular flexibility index (Phi) is 7.28. The van der Waals surface area contributed by atoms with Crippen LogP contribution in [0.2, 0.25) is 0 Å². The highest BCUT2D eigenvalue weighted by molar-refractivity contribution is 5.80. The minimum absolute atomic E-state index is 0.0830. The number of rotatable bonds is 6. The maximum absolute atomic E-state index is 13.5. The molecule has 0 bridgehead atoms.